The molecule has 0 aromatic rings. The SMILES string of the molecule is COCC(O)(C(C)C)C1(CN)CCC(C)CC1. The fourth-order valence-corrected chi connectivity index (χ4v) is 3.28. The van der Waals surface area contributed by atoms with Crippen LogP contribution >= 0.6 is 0 Å². The molecule has 0 amide bonds. The first-order chi connectivity index (χ1) is 7.92. The Labute approximate surface area is 106 Å². The summed E-state index contributed by atoms with van der Waals surface area (Å²) in [5.74, 6) is 0.924. The van der Waals surface area contributed by atoms with Crippen LogP contribution in [0.4, 0.5) is 0 Å². The summed E-state index contributed by atoms with van der Waals surface area (Å²) < 4.78 is 5.27. The molecule has 1 atom stereocenters. The van der Waals surface area contributed by atoms with E-state index in [0.29, 0.717) is 13.2 Å². The van der Waals surface area contributed by atoms with Gasteiger partial charge in [-0.25, -0.2) is 0 Å². The van der Waals surface area contributed by atoms with Gasteiger partial charge in [-0.1, -0.05) is 33.6 Å². The minimum Gasteiger partial charge on any atom is -0.387 e. The van der Waals surface area contributed by atoms with Crippen molar-refractivity contribution >= 4 is 0 Å². The van der Waals surface area contributed by atoms with Gasteiger partial charge < -0.3 is 15.6 Å². The first-order valence-electron chi connectivity index (χ1n) is 6.83. The van der Waals surface area contributed by atoms with Gasteiger partial charge in [0.15, 0.2) is 0 Å². The Morgan fingerprint density at radius 1 is 1.41 bits per heavy atom. The maximum absolute atomic E-state index is 11.0. The highest BCUT2D eigenvalue weighted by atomic mass is 16.5. The summed E-state index contributed by atoms with van der Waals surface area (Å²) in [5.41, 5.74) is 5.06. The van der Waals surface area contributed by atoms with E-state index in [4.69, 9.17) is 10.5 Å². The van der Waals surface area contributed by atoms with Gasteiger partial charge in [0, 0.05) is 19.1 Å². The predicted molar refractivity (Wildman–Crippen MR) is 70.8 cm³/mol. The van der Waals surface area contributed by atoms with Crippen LogP contribution in [-0.4, -0.2) is 31.0 Å². The van der Waals surface area contributed by atoms with Crippen LogP contribution < -0.4 is 5.73 Å². The molecule has 102 valence electrons. The van der Waals surface area contributed by atoms with Crippen molar-refractivity contribution in [3.63, 3.8) is 0 Å². The standard InChI is InChI=1S/C14H29NO2/c1-11(2)14(16,10-17-4)13(9-15)7-5-12(3)6-8-13/h11-12,16H,5-10,15H2,1-4H3. The van der Waals surface area contributed by atoms with Crippen LogP contribution in [0.25, 0.3) is 0 Å². The maximum atomic E-state index is 11.0. The minimum atomic E-state index is -0.795. The Morgan fingerprint density at radius 2 is 1.94 bits per heavy atom. The Morgan fingerprint density at radius 3 is 2.29 bits per heavy atom. The number of hydrogen-bond acceptors (Lipinski definition) is 3. The summed E-state index contributed by atoms with van der Waals surface area (Å²) in [7, 11) is 1.66. The number of nitrogens with two attached hydrogens (primary N) is 1. The van der Waals surface area contributed by atoms with Crippen LogP contribution in [0.3, 0.4) is 0 Å². The number of methoxy groups -OCH3 is 1. The van der Waals surface area contributed by atoms with Gasteiger partial charge in [-0.05, 0) is 24.7 Å². The highest BCUT2D eigenvalue weighted by Gasteiger charge is 2.52. The average Bonchev–Trinajstić information content (AvgIpc) is 2.30. The quantitative estimate of drug-likeness (QED) is 0.778. The molecule has 1 unspecified atom stereocenters. The summed E-state index contributed by atoms with van der Waals surface area (Å²) in [6, 6.07) is 0. The molecule has 0 heterocycles. The Bertz CT molecular complexity index is 234. The zero-order valence-electron chi connectivity index (χ0n) is 11.8. The van der Waals surface area contributed by atoms with Crippen LogP contribution in [0.5, 0.6) is 0 Å². The topological polar surface area (TPSA) is 55.5 Å². The molecule has 1 aliphatic rings. The van der Waals surface area contributed by atoms with Crippen LogP contribution in [0, 0.1) is 17.3 Å². The summed E-state index contributed by atoms with van der Waals surface area (Å²) in [4.78, 5) is 0. The van der Waals surface area contributed by atoms with E-state index in [9.17, 15) is 5.11 Å². The van der Waals surface area contributed by atoms with Gasteiger partial charge in [0.1, 0.15) is 0 Å². The van der Waals surface area contributed by atoms with Crippen LogP contribution in [-0.2, 0) is 4.74 Å². The van der Waals surface area contributed by atoms with E-state index in [1.807, 2.05) is 0 Å². The molecule has 3 nitrogen and oxygen atoms in total. The number of ether oxygens (including phenoxy) is 1. The summed E-state index contributed by atoms with van der Waals surface area (Å²) in [6.07, 6.45) is 4.36. The highest BCUT2D eigenvalue weighted by molar-refractivity contribution is 5.03. The summed E-state index contributed by atoms with van der Waals surface area (Å²) in [5, 5.41) is 11.0. The summed E-state index contributed by atoms with van der Waals surface area (Å²) in [6.45, 7) is 7.35. The Hall–Kier alpha value is -0.120. The zero-order chi connectivity index (χ0) is 13.1. The largest absolute Gasteiger partial charge is 0.387 e. The van der Waals surface area contributed by atoms with E-state index in [1.165, 1.54) is 0 Å². The first kappa shape index (κ1) is 14.9. The molecule has 0 aromatic carbocycles. The average molecular weight is 243 g/mol. The molecule has 3 heteroatoms. The normalized spacial score (nSPS) is 33.7. The lowest BCUT2D eigenvalue weighted by molar-refractivity contribution is -0.166. The van der Waals surface area contributed by atoms with Crippen molar-refractivity contribution < 1.29 is 9.84 Å². The van der Waals surface area contributed by atoms with E-state index in [2.05, 4.69) is 20.8 Å². The fourth-order valence-electron chi connectivity index (χ4n) is 3.28. The smallest absolute Gasteiger partial charge is 0.0970 e. The van der Waals surface area contributed by atoms with Gasteiger partial charge in [0.05, 0.1) is 12.2 Å². The third-order valence-corrected chi connectivity index (χ3v) is 4.86. The highest BCUT2D eigenvalue weighted by Crippen LogP contribution is 2.48. The van der Waals surface area contributed by atoms with Gasteiger partial charge in [-0.2, -0.15) is 0 Å². The molecule has 1 rings (SSSR count). The number of aliphatic hydroxyl groups is 1. The second kappa shape index (κ2) is 5.68. The van der Waals surface area contributed by atoms with Crippen molar-refractivity contribution in [3.05, 3.63) is 0 Å². The van der Waals surface area contributed by atoms with E-state index >= 15 is 0 Å². The lowest BCUT2D eigenvalue weighted by Gasteiger charge is -2.52. The van der Waals surface area contributed by atoms with E-state index in [1.54, 1.807) is 7.11 Å². The molecule has 0 aliphatic heterocycles. The van der Waals surface area contributed by atoms with Crippen LogP contribution in [0.1, 0.15) is 46.5 Å². The third-order valence-electron chi connectivity index (χ3n) is 4.86. The van der Waals surface area contributed by atoms with Crippen molar-refractivity contribution in [2.45, 2.75) is 52.1 Å². The van der Waals surface area contributed by atoms with Crippen LogP contribution in [0.15, 0.2) is 0 Å². The van der Waals surface area contributed by atoms with Gasteiger partial charge in [0.2, 0.25) is 0 Å². The molecule has 0 bridgehead atoms. The predicted octanol–water partition coefficient (Wildman–Crippen LogP) is 2.18. The molecule has 1 saturated carbocycles. The lowest BCUT2D eigenvalue weighted by Crippen LogP contribution is -2.59. The monoisotopic (exact) mass is 243 g/mol. The van der Waals surface area contributed by atoms with Gasteiger partial charge >= 0.3 is 0 Å². The molecule has 17 heavy (non-hydrogen) atoms. The van der Waals surface area contributed by atoms with Crippen molar-refractivity contribution in [3.8, 4) is 0 Å². The second-order valence-corrected chi connectivity index (χ2v) is 6.18. The third kappa shape index (κ3) is 2.67. The number of hydrogen-bond donors (Lipinski definition) is 2. The summed E-state index contributed by atoms with van der Waals surface area (Å²) >= 11 is 0. The molecule has 0 aromatic heterocycles. The molecular weight excluding hydrogens is 214 g/mol. The van der Waals surface area contributed by atoms with Crippen molar-refractivity contribution in [1.29, 1.82) is 0 Å². The first-order valence-corrected chi connectivity index (χ1v) is 6.83. The Balaban J connectivity index is 2.96. The molecule has 0 spiro atoms. The van der Waals surface area contributed by atoms with Crippen LogP contribution in [0.2, 0.25) is 0 Å². The van der Waals surface area contributed by atoms with E-state index < -0.39 is 5.60 Å². The fraction of sp³-hybridized carbons (Fsp3) is 1.00. The van der Waals surface area contributed by atoms with Crippen molar-refractivity contribution in [2.75, 3.05) is 20.3 Å². The van der Waals surface area contributed by atoms with Gasteiger partial charge in [-0.15, -0.1) is 0 Å². The van der Waals surface area contributed by atoms with E-state index in [0.717, 1.165) is 31.6 Å². The minimum absolute atomic E-state index is 0.163. The van der Waals surface area contributed by atoms with Gasteiger partial charge in [0.25, 0.3) is 0 Å². The Kier molecular flexibility index (Phi) is 4.99. The zero-order valence-corrected chi connectivity index (χ0v) is 11.8. The molecule has 1 fully saturated rings. The van der Waals surface area contributed by atoms with E-state index in [-0.39, 0.29) is 11.3 Å². The number of rotatable bonds is 5. The molecule has 0 radical (unpaired) electrons. The second-order valence-electron chi connectivity index (χ2n) is 6.18. The molecular formula is C14H29NO2. The molecule has 1 aliphatic carbocycles. The van der Waals surface area contributed by atoms with Crippen molar-refractivity contribution in [1.82, 2.24) is 0 Å². The maximum Gasteiger partial charge on any atom is 0.0970 e. The van der Waals surface area contributed by atoms with Gasteiger partial charge in [-0.3, -0.25) is 0 Å². The van der Waals surface area contributed by atoms with Crippen molar-refractivity contribution in [2.24, 2.45) is 23.0 Å². The molecule has 3 N–H and O–H groups in total. The molecule has 0 saturated heterocycles. The lowest BCUT2D eigenvalue weighted by atomic mass is 9.58.